The number of halogens is 2. The highest BCUT2D eigenvalue weighted by Gasteiger charge is 2.22. The first-order valence-electron chi connectivity index (χ1n) is 8.82. The fourth-order valence-electron chi connectivity index (χ4n) is 2.89. The number of amides is 1. The van der Waals surface area contributed by atoms with Crippen molar-refractivity contribution in [1.82, 2.24) is 9.88 Å². The van der Waals surface area contributed by atoms with Gasteiger partial charge in [0.15, 0.2) is 0 Å². The van der Waals surface area contributed by atoms with Crippen molar-refractivity contribution < 1.29 is 9.53 Å². The molecule has 2 aromatic rings. The molecule has 27 heavy (non-hydrogen) atoms. The van der Waals surface area contributed by atoms with Crippen molar-refractivity contribution in [3.8, 4) is 5.75 Å². The summed E-state index contributed by atoms with van der Waals surface area (Å²) in [5, 5.41) is 1.04. The Kier molecular flexibility index (Phi) is 6.58. The average molecular weight is 406 g/mol. The first kappa shape index (κ1) is 19.5. The van der Waals surface area contributed by atoms with E-state index in [9.17, 15) is 4.79 Å². The van der Waals surface area contributed by atoms with Crippen molar-refractivity contribution in [3.05, 3.63) is 58.2 Å². The van der Waals surface area contributed by atoms with E-state index in [-0.39, 0.29) is 5.91 Å². The number of carbonyl (C=O) groups is 1. The molecular weight excluding hydrogens is 385 g/mol. The Morgan fingerprint density at radius 3 is 2.52 bits per heavy atom. The third-order valence-corrected chi connectivity index (χ3v) is 4.77. The van der Waals surface area contributed by atoms with Crippen molar-refractivity contribution in [2.24, 2.45) is 0 Å². The van der Waals surface area contributed by atoms with Crippen molar-refractivity contribution in [3.63, 3.8) is 0 Å². The monoisotopic (exact) mass is 405 g/mol. The van der Waals surface area contributed by atoms with Gasteiger partial charge in [0.05, 0.1) is 16.7 Å². The number of hydrogen-bond acceptors (Lipinski definition) is 4. The summed E-state index contributed by atoms with van der Waals surface area (Å²) < 4.78 is 5.42. The van der Waals surface area contributed by atoms with Crippen LogP contribution in [-0.4, -0.2) is 48.6 Å². The lowest BCUT2D eigenvalue weighted by Crippen LogP contribution is -2.48. The lowest BCUT2D eigenvalue weighted by molar-refractivity contribution is -0.126. The van der Waals surface area contributed by atoms with Crippen LogP contribution in [0.1, 0.15) is 12.5 Å². The van der Waals surface area contributed by atoms with Crippen molar-refractivity contribution in [1.29, 1.82) is 0 Å². The zero-order chi connectivity index (χ0) is 19.2. The van der Waals surface area contributed by atoms with Crippen LogP contribution in [0.3, 0.4) is 0 Å². The molecule has 7 heteroatoms. The van der Waals surface area contributed by atoms with Gasteiger partial charge >= 0.3 is 0 Å². The molecule has 0 N–H and O–H groups in total. The van der Waals surface area contributed by atoms with Gasteiger partial charge in [-0.2, -0.15) is 0 Å². The summed E-state index contributed by atoms with van der Waals surface area (Å²) >= 11 is 12.1. The van der Waals surface area contributed by atoms with Gasteiger partial charge in [0.2, 0.25) is 5.91 Å². The maximum atomic E-state index is 12.4. The third-order valence-electron chi connectivity index (χ3n) is 4.29. The third kappa shape index (κ3) is 5.15. The predicted octanol–water partition coefficient (Wildman–Crippen LogP) is 4.15. The Morgan fingerprint density at radius 2 is 1.89 bits per heavy atom. The highest BCUT2D eigenvalue weighted by molar-refractivity contribution is 6.36. The Morgan fingerprint density at radius 1 is 1.19 bits per heavy atom. The summed E-state index contributed by atoms with van der Waals surface area (Å²) in [5.74, 6) is 1.53. The second-order valence-electron chi connectivity index (χ2n) is 6.11. The molecule has 0 aliphatic carbocycles. The van der Waals surface area contributed by atoms with E-state index >= 15 is 0 Å². The largest absolute Gasteiger partial charge is 0.494 e. The second kappa shape index (κ2) is 9.11. The zero-order valence-corrected chi connectivity index (χ0v) is 16.6. The van der Waals surface area contributed by atoms with Gasteiger partial charge in [-0.05, 0) is 36.8 Å². The lowest BCUT2D eigenvalue weighted by Gasteiger charge is -2.35. The van der Waals surface area contributed by atoms with Gasteiger partial charge in [-0.3, -0.25) is 4.79 Å². The Bertz CT molecular complexity index is 816. The molecule has 3 rings (SSSR count). The van der Waals surface area contributed by atoms with Gasteiger partial charge in [0.1, 0.15) is 11.6 Å². The molecule has 1 aromatic heterocycles. The van der Waals surface area contributed by atoms with Gasteiger partial charge in [-0.15, -0.1) is 0 Å². The second-order valence-corrected chi connectivity index (χ2v) is 6.95. The smallest absolute Gasteiger partial charge is 0.246 e. The molecule has 0 radical (unpaired) electrons. The summed E-state index contributed by atoms with van der Waals surface area (Å²) in [6.07, 6.45) is 5.01. The van der Waals surface area contributed by atoms with Crippen molar-refractivity contribution >= 4 is 41.0 Å². The topological polar surface area (TPSA) is 45.7 Å². The van der Waals surface area contributed by atoms with E-state index in [1.807, 2.05) is 42.2 Å². The molecule has 2 heterocycles. The molecular formula is C20H21Cl2N3O2. The number of ether oxygens (including phenoxy) is 1. The molecule has 0 spiro atoms. The van der Waals surface area contributed by atoms with Gasteiger partial charge in [0, 0.05) is 38.5 Å². The number of benzene rings is 1. The molecule has 1 saturated heterocycles. The Balaban J connectivity index is 1.55. The summed E-state index contributed by atoms with van der Waals surface area (Å²) in [5.41, 5.74) is 0.961. The van der Waals surface area contributed by atoms with E-state index in [0.717, 1.165) is 11.3 Å². The summed E-state index contributed by atoms with van der Waals surface area (Å²) in [4.78, 5) is 20.6. The molecule has 0 unspecified atom stereocenters. The maximum Gasteiger partial charge on any atom is 0.246 e. The standard InChI is InChI=1S/C20H21Cl2N3O2/c1-2-27-17-6-3-15(4-7-17)5-8-19(26)24-9-11-25(12-10-24)20-18(22)13-16(21)14-23-20/h3-8,13-14H,2,9-12H2,1H3/b8-5+. The van der Waals surface area contributed by atoms with Crippen LogP contribution in [0.5, 0.6) is 5.75 Å². The molecule has 1 aliphatic rings. The number of carbonyl (C=O) groups excluding carboxylic acids is 1. The first-order valence-corrected chi connectivity index (χ1v) is 9.58. The van der Waals surface area contributed by atoms with Crippen LogP contribution in [0, 0.1) is 0 Å². The molecule has 1 fully saturated rings. The predicted molar refractivity (Wildman–Crippen MR) is 110 cm³/mol. The van der Waals surface area contributed by atoms with Crippen LogP contribution in [-0.2, 0) is 4.79 Å². The van der Waals surface area contributed by atoms with Crippen molar-refractivity contribution in [2.45, 2.75) is 6.92 Å². The molecule has 142 valence electrons. The SMILES string of the molecule is CCOc1ccc(/C=C/C(=O)N2CCN(c3ncc(Cl)cc3Cl)CC2)cc1. The number of hydrogen-bond donors (Lipinski definition) is 0. The minimum atomic E-state index is -0.00121. The van der Waals surface area contributed by atoms with Crippen LogP contribution in [0.15, 0.2) is 42.6 Å². The Hall–Kier alpha value is -2.24. The first-order chi connectivity index (χ1) is 13.1. The van der Waals surface area contributed by atoms with Gasteiger partial charge < -0.3 is 14.5 Å². The number of piperazine rings is 1. The highest BCUT2D eigenvalue weighted by atomic mass is 35.5. The number of anilines is 1. The van der Waals surface area contributed by atoms with E-state index in [0.29, 0.717) is 48.6 Å². The summed E-state index contributed by atoms with van der Waals surface area (Å²) in [7, 11) is 0. The minimum absolute atomic E-state index is 0.00121. The van der Waals surface area contributed by atoms with E-state index < -0.39 is 0 Å². The fraction of sp³-hybridized carbons (Fsp3) is 0.300. The number of pyridine rings is 1. The minimum Gasteiger partial charge on any atom is -0.494 e. The van der Waals surface area contributed by atoms with E-state index in [4.69, 9.17) is 27.9 Å². The normalized spacial score (nSPS) is 14.6. The number of rotatable bonds is 5. The lowest BCUT2D eigenvalue weighted by atomic mass is 10.2. The molecule has 5 nitrogen and oxygen atoms in total. The van der Waals surface area contributed by atoms with Crippen LogP contribution in [0.2, 0.25) is 10.0 Å². The summed E-state index contributed by atoms with van der Waals surface area (Å²) in [6, 6.07) is 9.34. The van der Waals surface area contributed by atoms with Crippen LogP contribution in [0.4, 0.5) is 5.82 Å². The van der Waals surface area contributed by atoms with E-state index in [1.165, 1.54) is 0 Å². The molecule has 1 amide bonds. The summed E-state index contributed by atoms with van der Waals surface area (Å²) in [6.45, 7) is 5.17. The fourth-order valence-corrected chi connectivity index (χ4v) is 3.39. The number of nitrogens with zero attached hydrogens (tertiary/aromatic N) is 3. The van der Waals surface area contributed by atoms with Crippen LogP contribution in [0.25, 0.3) is 6.08 Å². The van der Waals surface area contributed by atoms with Crippen molar-refractivity contribution in [2.75, 3.05) is 37.7 Å². The highest BCUT2D eigenvalue weighted by Crippen LogP contribution is 2.26. The van der Waals surface area contributed by atoms with Crippen LogP contribution >= 0.6 is 23.2 Å². The van der Waals surface area contributed by atoms with E-state index in [1.54, 1.807) is 18.3 Å². The molecule has 1 aliphatic heterocycles. The van der Waals surface area contributed by atoms with Gasteiger partial charge in [-0.1, -0.05) is 35.3 Å². The Labute approximate surface area is 169 Å². The molecule has 0 atom stereocenters. The van der Waals surface area contributed by atoms with Gasteiger partial charge in [-0.25, -0.2) is 4.98 Å². The quantitative estimate of drug-likeness (QED) is 0.700. The van der Waals surface area contributed by atoms with Crippen LogP contribution < -0.4 is 9.64 Å². The number of aromatic nitrogens is 1. The van der Waals surface area contributed by atoms with E-state index in [2.05, 4.69) is 9.88 Å². The maximum absolute atomic E-state index is 12.4. The zero-order valence-electron chi connectivity index (χ0n) is 15.1. The molecule has 0 saturated carbocycles. The average Bonchev–Trinajstić information content (AvgIpc) is 2.68. The molecule has 0 bridgehead atoms. The van der Waals surface area contributed by atoms with Gasteiger partial charge in [0.25, 0.3) is 0 Å². The molecule has 1 aromatic carbocycles.